The van der Waals surface area contributed by atoms with Crippen molar-refractivity contribution in [3.05, 3.63) is 30.1 Å². The summed E-state index contributed by atoms with van der Waals surface area (Å²) < 4.78 is 0. The molecule has 2 fully saturated rings. The van der Waals surface area contributed by atoms with Crippen LogP contribution in [-0.2, 0) is 0 Å². The van der Waals surface area contributed by atoms with Gasteiger partial charge in [0.05, 0.1) is 5.60 Å². The molecule has 20 heavy (non-hydrogen) atoms. The van der Waals surface area contributed by atoms with Crippen LogP contribution in [0.2, 0.25) is 0 Å². The third-order valence-corrected chi connectivity index (χ3v) is 5.21. The first-order valence-electron chi connectivity index (χ1n) is 7.79. The van der Waals surface area contributed by atoms with Crippen LogP contribution in [0.15, 0.2) is 24.5 Å². The molecule has 3 N–H and O–H groups in total. The quantitative estimate of drug-likeness (QED) is 0.881. The third-order valence-electron chi connectivity index (χ3n) is 5.21. The lowest BCUT2D eigenvalue weighted by atomic mass is 9.71. The van der Waals surface area contributed by atoms with Crippen molar-refractivity contribution in [2.24, 2.45) is 11.7 Å². The van der Waals surface area contributed by atoms with Gasteiger partial charge >= 0.3 is 0 Å². The smallest absolute Gasteiger partial charge is 0.0700 e. The van der Waals surface area contributed by atoms with Crippen LogP contribution in [0.25, 0.3) is 0 Å². The van der Waals surface area contributed by atoms with Crippen molar-refractivity contribution in [3.63, 3.8) is 0 Å². The van der Waals surface area contributed by atoms with Crippen LogP contribution < -0.4 is 5.73 Å². The van der Waals surface area contributed by atoms with Crippen molar-refractivity contribution in [1.82, 2.24) is 9.88 Å². The van der Waals surface area contributed by atoms with Crippen molar-refractivity contribution >= 4 is 0 Å². The minimum Gasteiger partial charge on any atom is -0.390 e. The van der Waals surface area contributed by atoms with Crippen LogP contribution in [-0.4, -0.2) is 40.2 Å². The highest BCUT2D eigenvalue weighted by molar-refractivity contribution is 5.16. The number of hydrogen-bond donors (Lipinski definition) is 2. The van der Waals surface area contributed by atoms with Gasteiger partial charge in [-0.3, -0.25) is 9.88 Å². The molecule has 4 nitrogen and oxygen atoms in total. The number of aromatic nitrogens is 1. The largest absolute Gasteiger partial charge is 0.390 e. The molecule has 3 atom stereocenters. The zero-order valence-electron chi connectivity index (χ0n) is 12.0. The van der Waals surface area contributed by atoms with Gasteiger partial charge in [0, 0.05) is 44.0 Å². The molecular weight excluding hydrogens is 250 g/mol. The fourth-order valence-electron chi connectivity index (χ4n) is 3.96. The van der Waals surface area contributed by atoms with E-state index in [0.29, 0.717) is 12.5 Å². The number of nitrogens with two attached hydrogens (primary N) is 1. The van der Waals surface area contributed by atoms with Crippen molar-refractivity contribution in [2.45, 2.75) is 43.7 Å². The maximum Gasteiger partial charge on any atom is 0.0700 e. The van der Waals surface area contributed by atoms with E-state index in [4.69, 9.17) is 5.73 Å². The van der Waals surface area contributed by atoms with E-state index in [0.717, 1.165) is 32.4 Å². The van der Waals surface area contributed by atoms with Crippen LogP contribution in [0.5, 0.6) is 0 Å². The molecule has 3 rings (SSSR count). The highest BCUT2D eigenvalue weighted by atomic mass is 16.3. The molecule has 1 aliphatic heterocycles. The summed E-state index contributed by atoms with van der Waals surface area (Å²) in [5, 5.41) is 10.8. The Morgan fingerprint density at radius 1 is 1.35 bits per heavy atom. The summed E-state index contributed by atoms with van der Waals surface area (Å²) in [6.07, 6.45) is 9.12. The van der Waals surface area contributed by atoms with E-state index in [1.54, 1.807) is 0 Å². The Hall–Kier alpha value is -0.970. The van der Waals surface area contributed by atoms with Gasteiger partial charge in [0.25, 0.3) is 0 Å². The monoisotopic (exact) mass is 275 g/mol. The third kappa shape index (κ3) is 2.60. The second-order valence-corrected chi connectivity index (χ2v) is 6.32. The lowest BCUT2D eigenvalue weighted by Gasteiger charge is -2.49. The van der Waals surface area contributed by atoms with Crippen molar-refractivity contribution < 1.29 is 5.11 Å². The SMILES string of the molecule is NCC(c1ccncc1)N1CCC2(O)CCCCC2C1. The standard InChI is InChI=1S/C16H25N3O/c17-11-15(13-4-8-18-9-5-13)19-10-7-16(20)6-2-1-3-14(16)12-19/h4-5,8-9,14-15,20H,1-3,6-7,10-12,17H2. The number of pyridine rings is 1. The highest BCUT2D eigenvalue weighted by Gasteiger charge is 2.43. The summed E-state index contributed by atoms with van der Waals surface area (Å²) in [5.74, 6) is 0.417. The van der Waals surface area contributed by atoms with E-state index in [9.17, 15) is 5.11 Å². The fraction of sp³-hybridized carbons (Fsp3) is 0.688. The van der Waals surface area contributed by atoms with Crippen LogP contribution in [0.1, 0.15) is 43.7 Å². The molecule has 0 spiro atoms. The normalized spacial score (nSPS) is 32.6. The second kappa shape index (κ2) is 5.80. The van der Waals surface area contributed by atoms with Gasteiger partial charge in [-0.1, -0.05) is 12.8 Å². The van der Waals surface area contributed by atoms with Crippen molar-refractivity contribution in [3.8, 4) is 0 Å². The number of hydrogen-bond acceptors (Lipinski definition) is 4. The molecule has 2 heterocycles. The first-order valence-corrected chi connectivity index (χ1v) is 7.79. The zero-order valence-corrected chi connectivity index (χ0v) is 12.0. The van der Waals surface area contributed by atoms with Crippen molar-refractivity contribution in [2.75, 3.05) is 19.6 Å². The van der Waals surface area contributed by atoms with Gasteiger partial charge < -0.3 is 10.8 Å². The minimum atomic E-state index is -0.411. The highest BCUT2D eigenvalue weighted by Crippen LogP contribution is 2.41. The molecule has 1 aliphatic carbocycles. The molecule has 0 amide bonds. The van der Waals surface area contributed by atoms with Gasteiger partial charge in [-0.15, -0.1) is 0 Å². The molecule has 3 unspecified atom stereocenters. The average Bonchev–Trinajstić information content (AvgIpc) is 2.49. The van der Waals surface area contributed by atoms with E-state index >= 15 is 0 Å². The van der Waals surface area contributed by atoms with Crippen molar-refractivity contribution in [1.29, 1.82) is 0 Å². The molecule has 0 bridgehead atoms. The Morgan fingerprint density at radius 3 is 2.90 bits per heavy atom. The van der Waals surface area contributed by atoms with Gasteiger partial charge in [0.1, 0.15) is 0 Å². The summed E-state index contributed by atoms with van der Waals surface area (Å²) >= 11 is 0. The maximum absolute atomic E-state index is 10.8. The number of aliphatic hydroxyl groups is 1. The Labute approximate surface area is 121 Å². The first-order chi connectivity index (χ1) is 9.73. The van der Waals surface area contributed by atoms with Crippen LogP contribution >= 0.6 is 0 Å². The maximum atomic E-state index is 10.8. The molecule has 1 aromatic heterocycles. The van der Waals surface area contributed by atoms with E-state index in [-0.39, 0.29) is 6.04 Å². The number of likely N-dealkylation sites (tertiary alicyclic amines) is 1. The van der Waals surface area contributed by atoms with Gasteiger partial charge in [0.15, 0.2) is 0 Å². The second-order valence-electron chi connectivity index (χ2n) is 6.32. The van der Waals surface area contributed by atoms with Gasteiger partial charge in [-0.05, 0) is 37.0 Å². The lowest BCUT2D eigenvalue weighted by Crippen LogP contribution is -2.54. The van der Waals surface area contributed by atoms with Crippen LogP contribution in [0, 0.1) is 5.92 Å². The summed E-state index contributed by atoms with van der Waals surface area (Å²) in [4.78, 5) is 6.54. The zero-order chi connectivity index (χ0) is 14.0. The Balaban J connectivity index is 1.74. The predicted molar refractivity (Wildman–Crippen MR) is 79.1 cm³/mol. The molecule has 1 saturated carbocycles. The summed E-state index contributed by atoms with van der Waals surface area (Å²) in [5.41, 5.74) is 6.84. The number of fused-ring (bicyclic) bond motifs is 1. The number of nitrogens with zero attached hydrogens (tertiary/aromatic N) is 2. The fourth-order valence-corrected chi connectivity index (χ4v) is 3.96. The van der Waals surface area contributed by atoms with Crippen LogP contribution in [0.3, 0.4) is 0 Å². The molecular formula is C16H25N3O. The summed E-state index contributed by atoms with van der Waals surface area (Å²) in [6, 6.07) is 4.36. The van der Waals surface area contributed by atoms with E-state index < -0.39 is 5.60 Å². The number of piperidine rings is 1. The van der Waals surface area contributed by atoms with Gasteiger partial charge in [-0.25, -0.2) is 0 Å². The Kier molecular flexibility index (Phi) is 4.06. The molecule has 2 aliphatic rings. The molecule has 1 aromatic rings. The predicted octanol–water partition coefficient (Wildman–Crippen LogP) is 1.71. The Bertz CT molecular complexity index is 439. The van der Waals surface area contributed by atoms with E-state index in [1.807, 2.05) is 12.4 Å². The molecule has 4 heteroatoms. The summed E-state index contributed by atoms with van der Waals surface area (Å²) in [7, 11) is 0. The number of rotatable bonds is 3. The van der Waals surface area contributed by atoms with Gasteiger partial charge in [-0.2, -0.15) is 0 Å². The Morgan fingerprint density at radius 2 is 2.15 bits per heavy atom. The molecule has 0 aromatic carbocycles. The van der Waals surface area contributed by atoms with Crippen LogP contribution in [0.4, 0.5) is 0 Å². The lowest BCUT2D eigenvalue weighted by molar-refractivity contribution is -0.102. The molecule has 1 saturated heterocycles. The molecule has 0 radical (unpaired) electrons. The topological polar surface area (TPSA) is 62.4 Å². The molecule has 110 valence electrons. The van der Waals surface area contributed by atoms with Gasteiger partial charge in [0.2, 0.25) is 0 Å². The summed E-state index contributed by atoms with van der Waals surface area (Å²) in [6.45, 7) is 2.53. The van der Waals surface area contributed by atoms with E-state index in [2.05, 4.69) is 22.0 Å². The first kappa shape index (κ1) is 14.0. The average molecular weight is 275 g/mol. The minimum absolute atomic E-state index is 0.254. The van der Waals surface area contributed by atoms with E-state index in [1.165, 1.54) is 18.4 Å².